The summed E-state index contributed by atoms with van der Waals surface area (Å²) in [6.07, 6.45) is 1.52. The third kappa shape index (κ3) is 3.31. The molecular weight excluding hydrogens is 349 g/mol. The van der Waals surface area contributed by atoms with Gasteiger partial charge in [0.05, 0.1) is 6.10 Å². The average molecular weight is 373 g/mol. The molecule has 2 nitrogen and oxygen atoms in total. The molecule has 19 heavy (non-hydrogen) atoms. The highest BCUT2D eigenvalue weighted by Gasteiger charge is 2.48. The van der Waals surface area contributed by atoms with Gasteiger partial charge in [0.2, 0.25) is 0 Å². The second-order valence-corrected chi connectivity index (χ2v) is 7.24. The summed E-state index contributed by atoms with van der Waals surface area (Å²) in [4.78, 5) is 0. The van der Waals surface area contributed by atoms with E-state index in [0.717, 1.165) is 13.0 Å². The molecule has 0 aliphatic heterocycles. The maximum absolute atomic E-state index is 5.79. The first kappa shape index (κ1) is 15.3. The van der Waals surface area contributed by atoms with Gasteiger partial charge in [0.25, 0.3) is 0 Å². The number of benzene rings is 1. The molecule has 0 heterocycles. The maximum atomic E-state index is 5.79. The zero-order valence-corrected chi connectivity index (χ0v) is 14.4. The first-order valence-electron chi connectivity index (χ1n) is 7.08. The fraction of sp³-hybridized carbons (Fsp3) is 0.625. The molecular formula is C16H24INO. The molecule has 0 saturated heterocycles. The second-order valence-electron chi connectivity index (χ2n) is 5.99. The minimum absolute atomic E-state index is 0.230. The van der Waals surface area contributed by atoms with Crippen LogP contribution < -0.4 is 5.32 Å². The van der Waals surface area contributed by atoms with Crippen LogP contribution in [0.25, 0.3) is 0 Å². The maximum Gasteiger partial charge on any atom is 0.0655 e. The SMILES string of the molecule is CCOC1CC(NC(C)c2ccc(I)cc2)C1(C)C. The van der Waals surface area contributed by atoms with E-state index in [-0.39, 0.29) is 5.41 Å². The normalized spacial score (nSPS) is 26.8. The molecule has 1 aliphatic rings. The summed E-state index contributed by atoms with van der Waals surface area (Å²) >= 11 is 2.34. The Kier molecular flexibility index (Phi) is 4.90. The molecule has 3 atom stereocenters. The van der Waals surface area contributed by atoms with Crippen LogP contribution in [0.15, 0.2) is 24.3 Å². The van der Waals surface area contributed by atoms with Crippen LogP contribution in [0.4, 0.5) is 0 Å². The lowest BCUT2D eigenvalue weighted by Crippen LogP contribution is -2.61. The topological polar surface area (TPSA) is 21.3 Å². The number of hydrogen-bond acceptors (Lipinski definition) is 2. The smallest absolute Gasteiger partial charge is 0.0655 e. The molecule has 3 unspecified atom stereocenters. The van der Waals surface area contributed by atoms with Gasteiger partial charge >= 0.3 is 0 Å². The minimum atomic E-state index is 0.230. The summed E-state index contributed by atoms with van der Waals surface area (Å²) in [7, 11) is 0. The van der Waals surface area contributed by atoms with Crippen molar-refractivity contribution in [1.29, 1.82) is 0 Å². The van der Waals surface area contributed by atoms with Gasteiger partial charge in [-0.3, -0.25) is 0 Å². The van der Waals surface area contributed by atoms with E-state index >= 15 is 0 Å². The molecule has 0 radical (unpaired) electrons. The lowest BCUT2D eigenvalue weighted by atomic mass is 9.64. The predicted octanol–water partition coefficient (Wildman–Crippen LogP) is 4.15. The van der Waals surface area contributed by atoms with E-state index in [4.69, 9.17) is 4.74 Å². The fourth-order valence-electron chi connectivity index (χ4n) is 2.80. The molecule has 1 aromatic rings. The van der Waals surface area contributed by atoms with Crippen LogP contribution in [0.2, 0.25) is 0 Å². The molecule has 1 saturated carbocycles. The Morgan fingerprint density at radius 2 is 2.00 bits per heavy atom. The first-order chi connectivity index (χ1) is 8.95. The van der Waals surface area contributed by atoms with Crippen molar-refractivity contribution in [1.82, 2.24) is 5.32 Å². The van der Waals surface area contributed by atoms with Crippen LogP contribution in [0.1, 0.15) is 45.7 Å². The number of halogens is 1. The molecule has 0 aromatic heterocycles. The van der Waals surface area contributed by atoms with Crippen molar-refractivity contribution in [3.05, 3.63) is 33.4 Å². The quantitative estimate of drug-likeness (QED) is 0.784. The Labute approximate surface area is 130 Å². The van der Waals surface area contributed by atoms with Crippen LogP contribution in [0, 0.1) is 8.99 Å². The van der Waals surface area contributed by atoms with Crippen molar-refractivity contribution < 1.29 is 4.74 Å². The van der Waals surface area contributed by atoms with Crippen molar-refractivity contribution in [2.75, 3.05) is 6.61 Å². The Bertz CT molecular complexity index is 415. The van der Waals surface area contributed by atoms with Crippen LogP contribution in [-0.2, 0) is 4.74 Å². The largest absolute Gasteiger partial charge is 0.378 e. The van der Waals surface area contributed by atoms with Gasteiger partial charge in [-0.25, -0.2) is 0 Å². The van der Waals surface area contributed by atoms with E-state index < -0.39 is 0 Å². The molecule has 0 amide bonds. The lowest BCUT2D eigenvalue weighted by Gasteiger charge is -2.52. The highest BCUT2D eigenvalue weighted by atomic mass is 127. The second kappa shape index (κ2) is 6.10. The van der Waals surface area contributed by atoms with Crippen molar-refractivity contribution in [2.24, 2.45) is 5.41 Å². The third-order valence-corrected chi connectivity index (χ3v) is 5.09. The summed E-state index contributed by atoms with van der Waals surface area (Å²) in [5.74, 6) is 0. The number of hydrogen-bond donors (Lipinski definition) is 1. The molecule has 1 aliphatic carbocycles. The molecule has 1 N–H and O–H groups in total. The van der Waals surface area contributed by atoms with Crippen molar-refractivity contribution in [2.45, 2.75) is 52.3 Å². The molecule has 1 fully saturated rings. The summed E-state index contributed by atoms with van der Waals surface area (Å²) in [6, 6.07) is 9.70. The predicted molar refractivity (Wildman–Crippen MR) is 88.3 cm³/mol. The molecule has 1 aromatic carbocycles. The lowest BCUT2D eigenvalue weighted by molar-refractivity contribution is -0.116. The standard InChI is InChI=1S/C16H24INO/c1-5-19-15-10-14(16(15,3)4)18-11(2)12-6-8-13(17)9-7-12/h6-9,11,14-15,18H,5,10H2,1-4H3. The van der Waals surface area contributed by atoms with E-state index in [1.54, 1.807) is 0 Å². The monoisotopic (exact) mass is 373 g/mol. The van der Waals surface area contributed by atoms with Crippen molar-refractivity contribution in [3.63, 3.8) is 0 Å². The summed E-state index contributed by atoms with van der Waals surface area (Å²) in [6.45, 7) is 9.73. The van der Waals surface area contributed by atoms with Gasteiger partial charge in [0.1, 0.15) is 0 Å². The minimum Gasteiger partial charge on any atom is -0.378 e. The third-order valence-electron chi connectivity index (χ3n) is 4.37. The van der Waals surface area contributed by atoms with E-state index in [9.17, 15) is 0 Å². The Balaban J connectivity index is 1.93. The van der Waals surface area contributed by atoms with Gasteiger partial charge in [-0.15, -0.1) is 0 Å². The number of ether oxygens (including phenoxy) is 1. The van der Waals surface area contributed by atoms with Gasteiger partial charge < -0.3 is 10.1 Å². The van der Waals surface area contributed by atoms with Gasteiger partial charge in [0.15, 0.2) is 0 Å². The summed E-state index contributed by atoms with van der Waals surface area (Å²) in [5, 5.41) is 3.75. The zero-order valence-electron chi connectivity index (χ0n) is 12.2. The first-order valence-corrected chi connectivity index (χ1v) is 8.16. The number of rotatable bonds is 5. The van der Waals surface area contributed by atoms with Crippen LogP contribution in [-0.4, -0.2) is 18.8 Å². The summed E-state index contributed by atoms with van der Waals surface area (Å²) in [5.41, 5.74) is 1.59. The average Bonchev–Trinajstić information content (AvgIpc) is 2.38. The van der Waals surface area contributed by atoms with Crippen LogP contribution in [0.3, 0.4) is 0 Å². The van der Waals surface area contributed by atoms with Crippen LogP contribution in [0.5, 0.6) is 0 Å². The van der Waals surface area contributed by atoms with E-state index in [1.807, 2.05) is 0 Å². The van der Waals surface area contributed by atoms with Gasteiger partial charge in [0, 0.05) is 27.7 Å². The van der Waals surface area contributed by atoms with E-state index in [2.05, 4.69) is 79.9 Å². The highest BCUT2D eigenvalue weighted by Crippen LogP contribution is 2.43. The number of nitrogens with one attached hydrogen (secondary N) is 1. The van der Waals surface area contributed by atoms with E-state index in [1.165, 1.54) is 9.13 Å². The summed E-state index contributed by atoms with van der Waals surface area (Å²) < 4.78 is 7.07. The zero-order chi connectivity index (χ0) is 14.0. The Morgan fingerprint density at radius 1 is 1.37 bits per heavy atom. The van der Waals surface area contributed by atoms with Crippen molar-refractivity contribution in [3.8, 4) is 0 Å². The van der Waals surface area contributed by atoms with Gasteiger partial charge in [-0.2, -0.15) is 0 Å². The molecule has 0 spiro atoms. The van der Waals surface area contributed by atoms with Crippen molar-refractivity contribution >= 4 is 22.6 Å². The molecule has 3 heteroatoms. The molecule has 106 valence electrons. The molecule has 2 rings (SSSR count). The van der Waals surface area contributed by atoms with Crippen LogP contribution >= 0.6 is 22.6 Å². The van der Waals surface area contributed by atoms with Gasteiger partial charge in [-0.1, -0.05) is 26.0 Å². The molecule has 0 bridgehead atoms. The van der Waals surface area contributed by atoms with E-state index in [0.29, 0.717) is 18.2 Å². The fourth-order valence-corrected chi connectivity index (χ4v) is 3.16. The van der Waals surface area contributed by atoms with Gasteiger partial charge in [-0.05, 0) is 60.6 Å². The Morgan fingerprint density at radius 3 is 2.53 bits per heavy atom. The Hall–Kier alpha value is -0.130. The highest BCUT2D eigenvalue weighted by molar-refractivity contribution is 14.1.